The summed E-state index contributed by atoms with van der Waals surface area (Å²) in [7, 11) is -3.28. The second kappa shape index (κ2) is 5.23. The van der Waals surface area contributed by atoms with E-state index in [-0.39, 0.29) is 6.54 Å². The Kier molecular flexibility index (Phi) is 3.66. The number of rotatable bonds is 5. The summed E-state index contributed by atoms with van der Waals surface area (Å²) in [5.74, 6) is 0.665. The molecule has 0 fully saturated rings. The summed E-state index contributed by atoms with van der Waals surface area (Å²) in [4.78, 5) is 14.7. The molecule has 0 saturated carbocycles. The number of benzene rings is 1. The van der Waals surface area contributed by atoms with Gasteiger partial charge < -0.3 is 9.36 Å². The van der Waals surface area contributed by atoms with Crippen molar-refractivity contribution in [3.63, 3.8) is 0 Å². The van der Waals surface area contributed by atoms with Crippen LogP contribution in [0.3, 0.4) is 0 Å². The first-order valence-corrected chi connectivity index (χ1v) is 7.42. The number of hydrogen-bond acceptors (Lipinski definition) is 4. The molecule has 0 saturated heterocycles. The van der Waals surface area contributed by atoms with Gasteiger partial charge in [0.2, 0.25) is 10.0 Å². The van der Waals surface area contributed by atoms with Gasteiger partial charge in [-0.1, -0.05) is 0 Å². The lowest BCUT2D eigenvalue weighted by atomic mass is 10.2. The zero-order chi connectivity index (χ0) is 13.9. The molecular formula is C12H13N3O3S. The van der Waals surface area contributed by atoms with E-state index < -0.39 is 10.0 Å². The van der Waals surface area contributed by atoms with Gasteiger partial charge in [-0.05, 0) is 24.3 Å². The zero-order valence-electron chi connectivity index (χ0n) is 10.3. The first kappa shape index (κ1) is 13.3. The molecule has 100 valence electrons. The molecule has 0 atom stereocenters. The molecule has 1 N–H and O–H groups in total. The summed E-state index contributed by atoms with van der Waals surface area (Å²) in [6.07, 6.45) is 5.22. The van der Waals surface area contributed by atoms with Crippen LogP contribution in [0.15, 0.2) is 36.7 Å². The second-order valence-electron chi connectivity index (χ2n) is 4.02. The number of anilines is 1. The molecule has 2 aromatic rings. The monoisotopic (exact) mass is 279 g/mol. The van der Waals surface area contributed by atoms with Crippen LogP contribution in [0.2, 0.25) is 0 Å². The standard InChI is InChI=1S/C12H13N3O3S/c1-19(17,18)14-11-4-2-10(3-5-11)12-13-6-7-15(12)8-9-16/h2-7,9,14H,8H2,1H3. The minimum Gasteiger partial charge on any atom is -0.324 e. The van der Waals surface area contributed by atoms with Crippen molar-refractivity contribution >= 4 is 22.0 Å². The van der Waals surface area contributed by atoms with Gasteiger partial charge in [0.05, 0.1) is 12.8 Å². The summed E-state index contributed by atoms with van der Waals surface area (Å²) in [5.41, 5.74) is 1.30. The topological polar surface area (TPSA) is 81.1 Å². The Labute approximate surface area is 111 Å². The van der Waals surface area contributed by atoms with E-state index in [1.165, 1.54) is 0 Å². The predicted molar refractivity (Wildman–Crippen MR) is 72.2 cm³/mol. The number of sulfonamides is 1. The van der Waals surface area contributed by atoms with E-state index in [0.717, 1.165) is 18.1 Å². The average Bonchev–Trinajstić information content (AvgIpc) is 2.77. The summed E-state index contributed by atoms with van der Waals surface area (Å²) in [6, 6.07) is 6.79. The van der Waals surface area contributed by atoms with Crippen molar-refractivity contribution in [1.82, 2.24) is 9.55 Å². The number of carbonyl (C=O) groups excluding carboxylic acids is 1. The molecule has 0 aliphatic rings. The second-order valence-corrected chi connectivity index (χ2v) is 5.77. The maximum Gasteiger partial charge on any atom is 0.229 e. The predicted octanol–water partition coefficient (Wildman–Crippen LogP) is 1.12. The average molecular weight is 279 g/mol. The van der Waals surface area contributed by atoms with Crippen LogP contribution in [0, 0.1) is 0 Å². The van der Waals surface area contributed by atoms with E-state index in [4.69, 9.17) is 0 Å². The van der Waals surface area contributed by atoms with Crippen LogP contribution in [0.4, 0.5) is 5.69 Å². The van der Waals surface area contributed by atoms with Crippen molar-refractivity contribution in [1.29, 1.82) is 0 Å². The van der Waals surface area contributed by atoms with Gasteiger partial charge in [-0.3, -0.25) is 4.72 Å². The van der Waals surface area contributed by atoms with Gasteiger partial charge in [0.15, 0.2) is 0 Å². The number of carbonyl (C=O) groups is 1. The third-order valence-electron chi connectivity index (χ3n) is 2.43. The highest BCUT2D eigenvalue weighted by molar-refractivity contribution is 7.92. The van der Waals surface area contributed by atoms with E-state index in [0.29, 0.717) is 11.5 Å². The van der Waals surface area contributed by atoms with Crippen molar-refractivity contribution < 1.29 is 13.2 Å². The van der Waals surface area contributed by atoms with Gasteiger partial charge in [0.1, 0.15) is 12.1 Å². The van der Waals surface area contributed by atoms with Crippen molar-refractivity contribution in [3.8, 4) is 11.4 Å². The Hall–Kier alpha value is -2.15. The summed E-state index contributed by atoms with van der Waals surface area (Å²) < 4.78 is 26.3. The van der Waals surface area contributed by atoms with Gasteiger partial charge in [-0.15, -0.1) is 0 Å². The molecule has 2 rings (SSSR count). The molecular weight excluding hydrogens is 266 g/mol. The third-order valence-corrected chi connectivity index (χ3v) is 3.04. The normalized spacial score (nSPS) is 11.2. The van der Waals surface area contributed by atoms with Crippen LogP contribution in [-0.4, -0.2) is 30.5 Å². The minimum absolute atomic E-state index is 0.235. The maximum atomic E-state index is 11.1. The summed E-state index contributed by atoms with van der Waals surface area (Å²) in [6.45, 7) is 0.235. The van der Waals surface area contributed by atoms with E-state index >= 15 is 0 Å². The fourth-order valence-corrected chi connectivity index (χ4v) is 2.26. The molecule has 0 aliphatic heterocycles. The van der Waals surface area contributed by atoms with Gasteiger partial charge in [0, 0.05) is 23.6 Å². The number of nitrogens with zero attached hydrogens (tertiary/aromatic N) is 2. The minimum atomic E-state index is -3.28. The number of nitrogens with one attached hydrogen (secondary N) is 1. The number of hydrogen-bond donors (Lipinski definition) is 1. The van der Waals surface area contributed by atoms with Gasteiger partial charge in [-0.25, -0.2) is 13.4 Å². The highest BCUT2D eigenvalue weighted by Crippen LogP contribution is 2.20. The Bertz CT molecular complexity index is 675. The van der Waals surface area contributed by atoms with Crippen LogP contribution in [0.25, 0.3) is 11.4 Å². The number of aromatic nitrogens is 2. The molecule has 0 radical (unpaired) electrons. The molecule has 0 amide bonds. The third kappa shape index (κ3) is 3.41. The molecule has 19 heavy (non-hydrogen) atoms. The summed E-state index contributed by atoms with van der Waals surface area (Å²) in [5, 5.41) is 0. The molecule has 0 unspecified atom stereocenters. The first-order chi connectivity index (χ1) is 8.99. The number of imidazole rings is 1. The fourth-order valence-electron chi connectivity index (χ4n) is 1.70. The van der Waals surface area contributed by atoms with E-state index in [1.54, 1.807) is 41.2 Å². The largest absolute Gasteiger partial charge is 0.324 e. The van der Waals surface area contributed by atoms with Crippen LogP contribution in [-0.2, 0) is 21.4 Å². The number of aldehydes is 1. The van der Waals surface area contributed by atoms with Crippen molar-refractivity contribution in [2.45, 2.75) is 6.54 Å². The van der Waals surface area contributed by atoms with Crippen molar-refractivity contribution in [2.24, 2.45) is 0 Å². The van der Waals surface area contributed by atoms with Crippen molar-refractivity contribution in [2.75, 3.05) is 11.0 Å². The highest BCUT2D eigenvalue weighted by atomic mass is 32.2. The van der Waals surface area contributed by atoms with Crippen LogP contribution < -0.4 is 4.72 Å². The molecule has 0 spiro atoms. The quantitative estimate of drug-likeness (QED) is 0.832. The van der Waals surface area contributed by atoms with E-state index in [1.807, 2.05) is 0 Å². The van der Waals surface area contributed by atoms with E-state index in [9.17, 15) is 13.2 Å². The maximum absolute atomic E-state index is 11.1. The summed E-state index contributed by atoms with van der Waals surface area (Å²) >= 11 is 0. The molecule has 0 aliphatic carbocycles. The Balaban J connectivity index is 2.27. The van der Waals surface area contributed by atoms with Crippen molar-refractivity contribution in [3.05, 3.63) is 36.7 Å². The van der Waals surface area contributed by atoms with Crippen LogP contribution >= 0.6 is 0 Å². The molecule has 0 bridgehead atoms. The smallest absolute Gasteiger partial charge is 0.229 e. The van der Waals surface area contributed by atoms with Gasteiger partial charge in [0.25, 0.3) is 0 Å². The Morgan fingerprint density at radius 3 is 2.58 bits per heavy atom. The first-order valence-electron chi connectivity index (χ1n) is 5.52. The SMILES string of the molecule is CS(=O)(=O)Nc1ccc(-c2nccn2CC=O)cc1. The lowest BCUT2D eigenvalue weighted by Crippen LogP contribution is -2.09. The molecule has 7 heteroatoms. The lowest BCUT2D eigenvalue weighted by Gasteiger charge is -2.06. The van der Waals surface area contributed by atoms with Gasteiger partial charge >= 0.3 is 0 Å². The lowest BCUT2D eigenvalue weighted by molar-refractivity contribution is -0.108. The highest BCUT2D eigenvalue weighted by Gasteiger charge is 2.06. The molecule has 1 aromatic carbocycles. The van der Waals surface area contributed by atoms with Crippen LogP contribution in [0.1, 0.15) is 0 Å². The fraction of sp³-hybridized carbons (Fsp3) is 0.167. The zero-order valence-corrected chi connectivity index (χ0v) is 11.1. The van der Waals surface area contributed by atoms with Gasteiger partial charge in [-0.2, -0.15) is 0 Å². The Morgan fingerprint density at radius 2 is 2.00 bits per heavy atom. The Morgan fingerprint density at radius 1 is 1.32 bits per heavy atom. The molecule has 1 aromatic heterocycles. The molecule has 6 nitrogen and oxygen atoms in total. The molecule has 1 heterocycles. The van der Waals surface area contributed by atoms with Crippen LogP contribution in [0.5, 0.6) is 0 Å². The van der Waals surface area contributed by atoms with E-state index in [2.05, 4.69) is 9.71 Å².